The molecule has 0 radical (unpaired) electrons. The van der Waals surface area contributed by atoms with Gasteiger partial charge in [0.25, 0.3) is 0 Å². The molecule has 0 atom stereocenters. The summed E-state index contributed by atoms with van der Waals surface area (Å²) in [4.78, 5) is 15.1. The van der Waals surface area contributed by atoms with Gasteiger partial charge in [-0.2, -0.15) is 0 Å². The molecule has 6 heteroatoms. The van der Waals surface area contributed by atoms with Crippen molar-refractivity contribution in [3.05, 3.63) is 72.8 Å². The Morgan fingerprint density at radius 1 is 0.300 bits per heavy atom. The van der Waals surface area contributed by atoms with Crippen molar-refractivity contribution in [2.24, 2.45) is 0 Å². The van der Waals surface area contributed by atoms with E-state index in [4.69, 9.17) is 0 Å². The van der Waals surface area contributed by atoms with Crippen LogP contribution in [0.5, 0.6) is 0 Å². The highest BCUT2D eigenvalue weighted by molar-refractivity contribution is 5.83. The van der Waals surface area contributed by atoms with Gasteiger partial charge in [-0.15, -0.1) is 0 Å². The fourth-order valence-corrected chi connectivity index (χ4v) is 5.42. The Bertz CT molecular complexity index is 907. The van der Waals surface area contributed by atoms with Crippen LogP contribution in [0.2, 0.25) is 0 Å². The largest absolute Gasteiger partial charge is 0.334 e. The first-order chi connectivity index (χ1) is 14.8. The topological polar surface area (TPSA) is 19.4 Å². The molecule has 0 amide bonds. The summed E-state index contributed by atoms with van der Waals surface area (Å²) in [5, 5.41) is 0. The normalized spacial score (nSPS) is 18.8. The smallest absolute Gasteiger partial charge is 0.0939 e. The summed E-state index contributed by atoms with van der Waals surface area (Å²) < 4.78 is 0. The molecule has 6 nitrogen and oxygen atoms in total. The Hall–Kier alpha value is -3.54. The van der Waals surface area contributed by atoms with E-state index < -0.39 is 0 Å². The molecule has 6 bridgehead atoms. The van der Waals surface area contributed by atoms with E-state index in [-0.39, 0.29) is 0 Å². The van der Waals surface area contributed by atoms with E-state index in [1.165, 1.54) is 34.1 Å². The molecular weight excluding hydrogens is 372 g/mol. The zero-order chi connectivity index (χ0) is 19.7. The number of benzene rings is 3. The van der Waals surface area contributed by atoms with Crippen molar-refractivity contribution in [3.8, 4) is 0 Å². The zero-order valence-electron chi connectivity index (χ0n) is 16.9. The molecule has 4 aliphatic rings. The molecule has 4 aliphatic heterocycles. The second-order valence-electron chi connectivity index (χ2n) is 8.55. The average Bonchev–Trinajstić information content (AvgIpc) is 3.43. The van der Waals surface area contributed by atoms with Gasteiger partial charge >= 0.3 is 0 Å². The third kappa shape index (κ3) is 2.24. The van der Waals surface area contributed by atoms with Gasteiger partial charge in [0.15, 0.2) is 0 Å². The molecule has 3 aromatic rings. The number of para-hydroxylation sites is 6. The molecule has 3 aromatic carbocycles. The maximum absolute atomic E-state index is 2.51. The Kier molecular flexibility index (Phi) is 3.25. The lowest BCUT2D eigenvalue weighted by Gasteiger charge is -2.33. The molecule has 0 spiro atoms. The molecule has 150 valence electrons. The summed E-state index contributed by atoms with van der Waals surface area (Å²) in [6.45, 7) is 5.43. The maximum atomic E-state index is 2.51. The third-order valence-electron chi connectivity index (χ3n) is 6.74. The Labute approximate surface area is 176 Å². The zero-order valence-corrected chi connectivity index (χ0v) is 16.9. The van der Waals surface area contributed by atoms with E-state index in [1.807, 2.05) is 0 Å². The number of rotatable bonds is 0. The van der Waals surface area contributed by atoms with Crippen LogP contribution in [0, 0.1) is 0 Å². The highest BCUT2D eigenvalue weighted by Crippen LogP contribution is 2.43. The minimum absolute atomic E-state index is 0.897. The summed E-state index contributed by atoms with van der Waals surface area (Å²) in [5.74, 6) is 0. The Morgan fingerprint density at radius 3 is 0.633 bits per heavy atom. The van der Waals surface area contributed by atoms with Gasteiger partial charge in [0.2, 0.25) is 0 Å². The van der Waals surface area contributed by atoms with Crippen LogP contribution < -0.4 is 29.4 Å². The number of anilines is 6. The van der Waals surface area contributed by atoms with E-state index in [0.29, 0.717) is 0 Å². The summed E-state index contributed by atoms with van der Waals surface area (Å²) >= 11 is 0. The Morgan fingerprint density at radius 2 is 0.467 bits per heavy atom. The standard InChI is InChI=1S/C24H24N6/c1-2-8-20-19(7-1)25-13-26(20)17-28-15-30(24-12-6-5-11-23(24)28)18-29-14-27(16-25)21-9-3-4-10-22(21)29/h1-12H,13-18H2. The number of fused-ring (bicyclic) bond motifs is 15. The van der Waals surface area contributed by atoms with E-state index in [2.05, 4.69) is 102 Å². The van der Waals surface area contributed by atoms with Crippen LogP contribution in [0.25, 0.3) is 0 Å². The molecule has 30 heavy (non-hydrogen) atoms. The summed E-state index contributed by atoms with van der Waals surface area (Å²) in [5.41, 5.74) is 7.98. The van der Waals surface area contributed by atoms with Crippen molar-refractivity contribution in [2.45, 2.75) is 0 Å². The van der Waals surface area contributed by atoms with Crippen molar-refractivity contribution >= 4 is 34.1 Å². The predicted octanol–water partition coefficient (Wildman–Crippen LogP) is 3.72. The lowest BCUT2D eigenvalue weighted by Crippen LogP contribution is -2.48. The van der Waals surface area contributed by atoms with Crippen molar-refractivity contribution in [1.82, 2.24) is 0 Å². The molecule has 0 N–H and O–H groups in total. The van der Waals surface area contributed by atoms with Crippen LogP contribution >= 0.6 is 0 Å². The monoisotopic (exact) mass is 396 g/mol. The summed E-state index contributed by atoms with van der Waals surface area (Å²) in [6, 6.07) is 26.5. The first-order valence-electron chi connectivity index (χ1n) is 10.6. The molecule has 0 unspecified atom stereocenters. The van der Waals surface area contributed by atoms with Gasteiger partial charge < -0.3 is 29.4 Å². The molecule has 0 aliphatic carbocycles. The van der Waals surface area contributed by atoms with Gasteiger partial charge in [-0.1, -0.05) is 36.4 Å². The fraction of sp³-hybridized carbons (Fsp3) is 0.250. The average molecular weight is 396 g/mol. The maximum Gasteiger partial charge on any atom is 0.0939 e. The molecule has 0 aromatic heterocycles. The van der Waals surface area contributed by atoms with Crippen LogP contribution in [-0.4, -0.2) is 40.0 Å². The highest BCUT2D eigenvalue weighted by atomic mass is 15.6. The number of hydrogen-bond donors (Lipinski definition) is 0. The lowest BCUT2D eigenvalue weighted by atomic mass is 10.2. The minimum atomic E-state index is 0.897. The molecule has 7 rings (SSSR count). The summed E-state index contributed by atoms with van der Waals surface area (Å²) in [6.07, 6.45) is 0. The minimum Gasteiger partial charge on any atom is -0.334 e. The van der Waals surface area contributed by atoms with Crippen molar-refractivity contribution in [3.63, 3.8) is 0 Å². The lowest BCUT2D eigenvalue weighted by molar-refractivity contribution is 0.659. The Balaban J connectivity index is 1.38. The number of nitrogens with zero attached hydrogens (tertiary/aromatic N) is 6. The van der Waals surface area contributed by atoms with Gasteiger partial charge in [0, 0.05) is 0 Å². The quantitative estimate of drug-likeness (QED) is 0.573. The predicted molar refractivity (Wildman–Crippen MR) is 123 cm³/mol. The van der Waals surface area contributed by atoms with Crippen LogP contribution in [-0.2, 0) is 0 Å². The van der Waals surface area contributed by atoms with E-state index >= 15 is 0 Å². The molecule has 1 fully saturated rings. The number of hydrogen-bond acceptors (Lipinski definition) is 6. The highest BCUT2D eigenvalue weighted by Gasteiger charge is 2.36. The molecule has 4 heterocycles. The molecular formula is C24H24N6. The van der Waals surface area contributed by atoms with Crippen LogP contribution in [0.4, 0.5) is 34.1 Å². The van der Waals surface area contributed by atoms with Crippen molar-refractivity contribution in [2.75, 3.05) is 69.4 Å². The first kappa shape index (κ1) is 16.3. The van der Waals surface area contributed by atoms with Gasteiger partial charge in [-0.25, -0.2) is 0 Å². The van der Waals surface area contributed by atoms with Gasteiger partial charge in [0.1, 0.15) is 0 Å². The van der Waals surface area contributed by atoms with Crippen LogP contribution in [0.15, 0.2) is 72.8 Å². The van der Waals surface area contributed by atoms with Gasteiger partial charge in [0.05, 0.1) is 74.1 Å². The van der Waals surface area contributed by atoms with Crippen molar-refractivity contribution in [1.29, 1.82) is 0 Å². The molecule has 1 saturated heterocycles. The molecule has 0 saturated carbocycles. The van der Waals surface area contributed by atoms with Crippen molar-refractivity contribution < 1.29 is 0 Å². The summed E-state index contributed by atoms with van der Waals surface area (Å²) in [7, 11) is 0. The SMILES string of the molecule is c1ccc2c(c1)N1CN2CN2CN(CN3CN(C1)c1ccccc13)c1ccccc12. The second kappa shape index (κ2) is 5.98. The van der Waals surface area contributed by atoms with E-state index in [9.17, 15) is 0 Å². The fourth-order valence-electron chi connectivity index (χ4n) is 5.42. The van der Waals surface area contributed by atoms with E-state index in [0.717, 1.165) is 40.0 Å². The van der Waals surface area contributed by atoms with Crippen LogP contribution in [0.3, 0.4) is 0 Å². The van der Waals surface area contributed by atoms with Gasteiger partial charge in [-0.05, 0) is 36.4 Å². The van der Waals surface area contributed by atoms with Gasteiger partial charge in [-0.3, -0.25) is 0 Å². The third-order valence-corrected chi connectivity index (χ3v) is 6.74. The van der Waals surface area contributed by atoms with Crippen LogP contribution in [0.1, 0.15) is 0 Å². The second-order valence-corrected chi connectivity index (χ2v) is 8.55. The first-order valence-corrected chi connectivity index (χ1v) is 10.6. The van der Waals surface area contributed by atoms with E-state index in [1.54, 1.807) is 0 Å².